The Labute approximate surface area is 124 Å². The maximum atomic E-state index is 5.96. The van der Waals surface area contributed by atoms with Crippen LogP contribution in [0.1, 0.15) is 32.4 Å². The fourth-order valence-corrected chi connectivity index (χ4v) is 2.82. The van der Waals surface area contributed by atoms with Crippen LogP contribution >= 0.6 is 22.6 Å². The molecule has 0 spiro atoms. The van der Waals surface area contributed by atoms with Gasteiger partial charge in [0.25, 0.3) is 0 Å². The van der Waals surface area contributed by atoms with Gasteiger partial charge in [0.15, 0.2) is 11.9 Å². The van der Waals surface area contributed by atoms with Gasteiger partial charge < -0.3 is 9.47 Å². The lowest BCUT2D eigenvalue weighted by molar-refractivity contribution is -0.211. The van der Waals surface area contributed by atoms with E-state index in [1.165, 1.54) is 0 Å². The lowest BCUT2D eigenvalue weighted by Gasteiger charge is -2.30. The number of hydrogen-bond acceptors (Lipinski definition) is 5. The summed E-state index contributed by atoms with van der Waals surface area (Å²) in [6.45, 7) is 2.65. The standard InChI is InChI=1S/C12H15IN4O2/c1-2-18-9-5-3-4-8(19-9)17-7-16-10-11(13)14-6-15-12(10)17/h6-9H,2-5H2,1H3/t8-,9-/m1/s1. The first-order valence-corrected chi connectivity index (χ1v) is 7.47. The predicted molar refractivity (Wildman–Crippen MR) is 77.4 cm³/mol. The van der Waals surface area contributed by atoms with Gasteiger partial charge >= 0.3 is 0 Å². The second-order valence-corrected chi connectivity index (χ2v) is 5.42. The Kier molecular flexibility index (Phi) is 3.94. The zero-order valence-electron chi connectivity index (χ0n) is 10.6. The third-order valence-corrected chi connectivity index (χ3v) is 3.97. The Morgan fingerprint density at radius 2 is 2.32 bits per heavy atom. The zero-order valence-corrected chi connectivity index (χ0v) is 12.8. The Hall–Kier alpha value is -0.800. The minimum atomic E-state index is -0.123. The monoisotopic (exact) mass is 374 g/mol. The smallest absolute Gasteiger partial charge is 0.166 e. The van der Waals surface area contributed by atoms with Crippen molar-refractivity contribution in [1.29, 1.82) is 0 Å². The molecule has 0 bridgehead atoms. The largest absolute Gasteiger partial charge is 0.353 e. The van der Waals surface area contributed by atoms with Gasteiger partial charge in [0.05, 0.1) is 6.33 Å². The predicted octanol–water partition coefficient (Wildman–Crippen LogP) is 2.49. The van der Waals surface area contributed by atoms with E-state index in [4.69, 9.17) is 9.47 Å². The molecule has 0 aromatic carbocycles. The maximum Gasteiger partial charge on any atom is 0.166 e. The molecule has 19 heavy (non-hydrogen) atoms. The molecular formula is C12H15IN4O2. The van der Waals surface area contributed by atoms with E-state index in [0.717, 1.165) is 34.1 Å². The van der Waals surface area contributed by atoms with Crippen molar-refractivity contribution in [2.75, 3.05) is 6.61 Å². The molecule has 1 aliphatic rings. The number of ether oxygens (including phenoxy) is 2. The summed E-state index contributed by atoms with van der Waals surface area (Å²) in [5, 5.41) is 0. The zero-order chi connectivity index (χ0) is 13.2. The molecule has 3 rings (SSSR count). The summed E-state index contributed by atoms with van der Waals surface area (Å²) in [4.78, 5) is 12.8. The van der Waals surface area contributed by atoms with Crippen molar-refractivity contribution in [1.82, 2.24) is 19.5 Å². The Morgan fingerprint density at radius 3 is 3.16 bits per heavy atom. The Balaban J connectivity index is 1.89. The molecule has 0 aliphatic carbocycles. The molecule has 2 aromatic heterocycles. The highest BCUT2D eigenvalue weighted by Gasteiger charge is 2.25. The van der Waals surface area contributed by atoms with Crippen LogP contribution in [0.15, 0.2) is 12.7 Å². The minimum absolute atomic E-state index is 0.0546. The van der Waals surface area contributed by atoms with Gasteiger partial charge in [-0.15, -0.1) is 0 Å². The van der Waals surface area contributed by atoms with Gasteiger partial charge in [0.1, 0.15) is 21.8 Å². The van der Waals surface area contributed by atoms with Crippen molar-refractivity contribution in [2.45, 2.75) is 38.7 Å². The quantitative estimate of drug-likeness (QED) is 0.610. The first-order chi connectivity index (χ1) is 9.29. The first-order valence-electron chi connectivity index (χ1n) is 6.39. The van der Waals surface area contributed by atoms with E-state index < -0.39 is 0 Å². The molecule has 2 aromatic rings. The topological polar surface area (TPSA) is 62.1 Å². The van der Waals surface area contributed by atoms with Crippen molar-refractivity contribution in [3.8, 4) is 0 Å². The highest BCUT2D eigenvalue weighted by atomic mass is 127. The van der Waals surface area contributed by atoms with Gasteiger partial charge in [0.2, 0.25) is 0 Å². The van der Waals surface area contributed by atoms with E-state index in [-0.39, 0.29) is 12.5 Å². The Morgan fingerprint density at radius 1 is 1.42 bits per heavy atom. The highest BCUT2D eigenvalue weighted by molar-refractivity contribution is 14.1. The number of halogens is 1. The van der Waals surface area contributed by atoms with Crippen LogP contribution in [0.4, 0.5) is 0 Å². The van der Waals surface area contributed by atoms with Gasteiger partial charge in [-0.1, -0.05) is 0 Å². The third kappa shape index (κ3) is 2.59. The van der Waals surface area contributed by atoms with E-state index >= 15 is 0 Å². The summed E-state index contributed by atoms with van der Waals surface area (Å²) in [5.74, 6) is 0. The number of rotatable bonds is 3. The number of nitrogens with zero attached hydrogens (tertiary/aromatic N) is 4. The van der Waals surface area contributed by atoms with Gasteiger partial charge in [-0.2, -0.15) is 0 Å². The second-order valence-electron chi connectivity index (χ2n) is 4.40. The maximum absolute atomic E-state index is 5.96. The Bertz CT molecular complexity index is 572. The van der Waals surface area contributed by atoms with Crippen LogP contribution in [-0.2, 0) is 9.47 Å². The molecule has 0 saturated carbocycles. The molecule has 1 saturated heterocycles. The molecule has 0 radical (unpaired) electrons. The van der Waals surface area contributed by atoms with Crippen molar-refractivity contribution in [3.63, 3.8) is 0 Å². The molecule has 2 atom stereocenters. The number of aromatic nitrogens is 4. The van der Waals surface area contributed by atoms with Gasteiger partial charge in [-0.05, 0) is 48.8 Å². The molecule has 6 nitrogen and oxygen atoms in total. The van der Waals surface area contributed by atoms with Gasteiger partial charge in [-0.25, -0.2) is 15.0 Å². The van der Waals surface area contributed by atoms with Gasteiger partial charge in [-0.3, -0.25) is 4.57 Å². The third-order valence-electron chi connectivity index (χ3n) is 3.18. The average Bonchev–Trinajstić information content (AvgIpc) is 2.85. The molecule has 0 amide bonds. The van der Waals surface area contributed by atoms with Crippen LogP contribution in [0.2, 0.25) is 0 Å². The van der Waals surface area contributed by atoms with Crippen molar-refractivity contribution >= 4 is 33.8 Å². The molecule has 0 N–H and O–H groups in total. The van der Waals surface area contributed by atoms with Crippen LogP contribution in [0, 0.1) is 3.70 Å². The van der Waals surface area contributed by atoms with E-state index in [0.29, 0.717) is 6.61 Å². The van der Waals surface area contributed by atoms with Crippen molar-refractivity contribution in [2.24, 2.45) is 0 Å². The van der Waals surface area contributed by atoms with Crippen LogP contribution in [0.5, 0.6) is 0 Å². The number of imidazole rings is 1. The molecule has 102 valence electrons. The van der Waals surface area contributed by atoms with Crippen LogP contribution in [0.3, 0.4) is 0 Å². The minimum Gasteiger partial charge on any atom is -0.353 e. The average molecular weight is 374 g/mol. The summed E-state index contributed by atoms with van der Waals surface area (Å²) < 4.78 is 14.4. The van der Waals surface area contributed by atoms with E-state index in [2.05, 4.69) is 37.5 Å². The highest BCUT2D eigenvalue weighted by Crippen LogP contribution is 2.29. The molecule has 7 heteroatoms. The summed E-state index contributed by atoms with van der Waals surface area (Å²) in [6.07, 6.45) is 6.14. The summed E-state index contributed by atoms with van der Waals surface area (Å²) in [6, 6.07) is 0. The van der Waals surface area contributed by atoms with E-state index in [1.54, 1.807) is 12.7 Å². The first kappa shape index (κ1) is 13.2. The molecule has 1 aliphatic heterocycles. The lowest BCUT2D eigenvalue weighted by atomic mass is 10.1. The number of hydrogen-bond donors (Lipinski definition) is 0. The molecular weight excluding hydrogens is 359 g/mol. The number of fused-ring (bicyclic) bond motifs is 1. The fourth-order valence-electron chi connectivity index (χ4n) is 2.32. The summed E-state index contributed by atoms with van der Waals surface area (Å²) in [5.41, 5.74) is 1.65. The van der Waals surface area contributed by atoms with Crippen LogP contribution < -0.4 is 0 Å². The van der Waals surface area contributed by atoms with Crippen molar-refractivity contribution < 1.29 is 9.47 Å². The summed E-state index contributed by atoms with van der Waals surface area (Å²) in [7, 11) is 0. The lowest BCUT2D eigenvalue weighted by Crippen LogP contribution is -2.28. The normalized spacial score (nSPS) is 23.9. The SMILES string of the molecule is CCO[C@H]1CCC[C@H](n2cnc3c(I)ncnc32)O1. The molecule has 1 fully saturated rings. The summed E-state index contributed by atoms with van der Waals surface area (Å²) >= 11 is 2.17. The fraction of sp³-hybridized carbons (Fsp3) is 0.583. The van der Waals surface area contributed by atoms with Crippen LogP contribution in [-0.4, -0.2) is 32.4 Å². The van der Waals surface area contributed by atoms with E-state index in [1.807, 2.05) is 11.5 Å². The second kappa shape index (κ2) is 5.68. The molecule has 0 unspecified atom stereocenters. The van der Waals surface area contributed by atoms with Gasteiger partial charge in [0, 0.05) is 6.61 Å². The van der Waals surface area contributed by atoms with Crippen LogP contribution in [0.25, 0.3) is 11.2 Å². The van der Waals surface area contributed by atoms with Crippen molar-refractivity contribution in [3.05, 3.63) is 16.4 Å². The van der Waals surface area contributed by atoms with E-state index in [9.17, 15) is 0 Å². The molecule has 3 heterocycles.